The minimum Gasteiger partial charge on any atom is -0.385 e. The number of hydrogen-bond donors (Lipinski definition) is 0. The molecule has 0 fully saturated rings. The fourth-order valence-electron chi connectivity index (χ4n) is 2.48. The van der Waals surface area contributed by atoms with Gasteiger partial charge < -0.3 is 9.05 Å². The number of oxime groups is 1. The SMILES string of the molecule is C=CCC/C(=N/OP(=O)(Oc1ccccc1)Oc1ccccc1)c1ccccc1. The third-order valence-corrected chi connectivity index (χ3v) is 5.01. The van der Waals surface area contributed by atoms with Gasteiger partial charge in [0.15, 0.2) is 0 Å². The summed E-state index contributed by atoms with van der Waals surface area (Å²) in [5.41, 5.74) is 1.49. The molecule has 0 saturated heterocycles. The molecule has 0 heterocycles. The van der Waals surface area contributed by atoms with E-state index in [-0.39, 0.29) is 0 Å². The molecule has 0 atom stereocenters. The van der Waals surface area contributed by atoms with E-state index in [4.69, 9.17) is 13.7 Å². The molecule has 6 heteroatoms. The van der Waals surface area contributed by atoms with Gasteiger partial charge in [-0.05, 0) is 42.7 Å². The van der Waals surface area contributed by atoms with Crippen molar-refractivity contribution in [1.82, 2.24) is 0 Å². The smallest absolute Gasteiger partial charge is 0.385 e. The zero-order valence-corrected chi connectivity index (χ0v) is 16.8. The van der Waals surface area contributed by atoms with Gasteiger partial charge in [-0.1, -0.05) is 78.0 Å². The molecule has 3 aromatic carbocycles. The van der Waals surface area contributed by atoms with E-state index in [1.54, 1.807) is 54.6 Å². The number of rotatable bonds is 10. The molecule has 0 amide bonds. The Labute approximate surface area is 170 Å². The average molecular weight is 407 g/mol. The second kappa shape index (κ2) is 10.3. The van der Waals surface area contributed by atoms with Crippen molar-refractivity contribution in [3.05, 3.63) is 109 Å². The molecular weight excluding hydrogens is 385 g/mol. The van der Waals surface area contributed by atoms with Gasteiger partial charge in [0.05, 0.1) is 5.71 Å². The normalized spacial score (nSPS) is 11.5. The van der Waals surface area contributed by atoms with Crippen LogP contribution < -0.4 is 9.05 Å². The molecule has 0 aliphatic heterocycles. The lowest BCUT2D eigenvalue weighted by Gasteiger charge is -2.17. The molecule has 3 rings (SSSR count). The van der Waals surface area contributed by atoms with Crippen LogP contribution in [-0.4, -0.2) is 5.71 Å². The largest absolute Gasteiger partial charge is 0.668 e. The number of benzene rings is 3. The minimum atomic E-state index is -4.08. The van der Waals surface area contributed by atoms with Crippen LogP contribution in [0.15, 0.2) is 109 Å². The number of phosphoric acid groups is 1. The summed E-state index contributed by atoms with van der Waals surface area (Å²) in [5.74, 6) is 0.712. The molecule has 5 nitrogen and oxygen atoms in total. The molecule has 29 heavy (non-hydrogen) atoms. The van der Waals surface area contributed by atoms with Gasteiger partial charge in [0.2, 0.25) is 0 Å². The predicted octanol–water partition coefficient (Wildman–Crippen LogP) is 6.64. The molecule has 148 valence electrons. The zero-order chi connectivity index (χ0) is 20.4. The van der Waals surface area contributed by atoms with Crippen LogP contribution in [0.25, 0.3) is 0 Å². The lowest BCUT2D eigenvalue weighted by molar-refractivity contribution is 0.218. The third kappa shape index (κ3) is 6.37. The predicted molar refractivity (Wildman–Crippen MR) is 115 cm³/mol. The van der Waals surface area contributed by atoms with E-state index in [0.29, 0.717) is 30.1 Å². The van der Waals surface area contributed by atoms with Gasteiger partial charge in [-0.3, -0.25) is 4.62 Å². The average Bonchev–Trinajstić information content (AvgIpc) is 2.76. The summed E-state index contributed by atoms with van der Waals surface area (Å²) in [6.07, 6.45) is 3.06. The Bertz CT molecular complexity index is 930. The van der Waals surface area contributed by atoms with Crippen LogP contribution in [0.1, 0.15) is 18.4 Å². The maximum absolute atomic E-state index is 13.4. The first-order chi connectivity index (χ1) is 14.2. The minimum absolute atomic E-state index is 0.356. The monoisotopic (exact) mass is 407 g/mol. The van der Waals surface area contributed by atoms with Gasteiger partial charge in [0.25, 0.3) is 0 Å². The van der Waals surface area contributed by atoms with E-state index >= 15 is 0 Å². The summed E-state index contributed by atoms with van der Waals surface area (Å²) in [6.45, 7) is 3.75. The van der Waals surface area contributed by atoms with E-state index in [0.717, 1.165) is 5.56 Å². The van der Waals surface area contributed by atoms with Crippen molar-refractivity contribution in [2.75, 3.05) is 0 Å². The van der Waals surface area contributed by atoms with E-state index in [1.165, 1.54) is 0 Å². The molecular formula is C23H22NO4P. The first-order valence-electron chi connectivity index (χ1n) is 9.20. The third-order valence-electron chi connectivity index (χ3n) is 3.86. The highest BCUT2D eigenvalue weighted by Crippen LogP contribution is 2.50. The van der Waals surface area contributed by atoms with Crippen molar-refractivity contribution < 1.29 is 18.2 Å². The molecule has 0 unspecified atom stereocenters. The van der Waals surface area contributed by atoms with Crippen LogP contribution >= 0.6 is 7.82 Å². The quantitative estimate of drug-likeness (QED) is 0.164. The molecule has 0 bridgehead atoms. The van der Waals surface area contributed by atoms with Crippen LogP contribution in [0.4, 0.5) is 0 Å². The van der Waals surface area contributed by atoms with Gasteiger partial charge in [-0.25, -0.2) is 0 Å². The Kier molecular flexibility index (Phi) is 7.26. The first kappa shape index (κ1) is 20.4. The van der Waals surface area contributed by atoms with Crippen molar-refractivity contribution in [2.24, 2.45) is 5.16 Å². The van der Waals surface area contributed by atoms with Gasteiger partial charge in [0, 0.05) is 0 Å². The Morgan fingerprint density at radius 3 is 1.79 bits per heavy atom. The first-order valence-corrected chi connectivity index (χ1v) is 10.7. The Balaban J connectivity index is 1.88. The lowest BCUT2D eigenvalue weighted by atomic mass is 10.1. The Morgan fingerprint density at radius 2 is 1.31 bits per heavy atom. The second-order valence-electron chi connectivity index (χ2n) is 6.07. The van der Waals surface area contributed by atoms with Crippen molar-refractivity contribution >= 4 is 13.5 Å². The fourth-order valence-corrected chi connectivity index (χ4v) is 3.55. The topological polar surface area (TPSA) is 57.1 Å². The van der Waals surface area contributed by atoms with Gasteiger partial charge in [0.1, 0.15) is 11.5 Å². The van der Waals surface area contributed by atoms with Crippen molar-refractivity contribution in [3.63, 3.8) is 0 Å². The highest BCUT2D eigenvalue weighted by Gasteiger charge is 2.33. The summed E-state index contributed by atoms with van der Waals surface area (Å²) < 4.78 is 29.9. The van der Waals surface area contributed by atoms with Crippen molar-refractivity contribution in [1.29, 1.82) is 0 Å². The van der Waals surface area contributed by atoms with Crippen LogP contribution in [0.3, 0.4) is 0 Å². The number of hydrogen-bond acceptors (Lipinski definition) is 5. The van der Waals surface area contributed by atoms with E-state index < -0.39 is 7.82 Å². The molecule has 3 aromatic rings. The highest BCUT2D eigenvalue weighted by atomic mass is 31.2. The highest BCUT2D eigenvalue weighted by molar-refractivity contribution is 7.49. The molecule has 0 aromatic heterocycles. The maximum Gasteiger partial charge on any atom is 0.668 e. The Hall–Kier alpha value is -3.30. The fraction of sp³-hybridized carbons (Fsp3) is 0.0870. The zero-order valence-electron chi connectivity index (χ0n) is 15.9. The van der Waals surface area contributed by atoms with E-state index in [1.807, 2.05) is 42.5 Å². The summed E-state index contributed by atoms with van der Waals surface area (Å²) in [7, 11) is -4.08. The maximum atomic E-state index is 13.4. The number of nitrogens with zero attached hydrogens (tertiary/aromatic N) is 1. The van der Waals surface area contributed by atoms with Crippen LogP contribution in [0, 0.1) is 0 Å². The van der Waals surface area contributed by atoms with Gasteiger partial charge >= 0.3 is 7.82 Å². The summed E-state index contributed by atoms with van der Waals surface area (Å²) in [4.78, 5) is 0. The summed E-state index contributed by atoms with van der Waals surface area (Å²) in [5, 5.41) is 4.15. The Morgan fingerprint density at radius 1 is 0.828 bits per heavy atom. The molecule has 0 aliphatic rings. The van der Waals surface area contributed by atoms with Crippen LogP contribution in [-0.2, 0) is 9.19 Å². The summed E-state index contributed by atoms with van der Waals surface area (Å²) in [6, 6.07) is 27.0. The van der Waals surface area contributed by atoms with E-state index in [2.05, 4.69) is 11.7 Å². The standard InChI is InChI=1S/C23H22NO4P/c1-2-3-19-23(20-13-7-4-8-14-20)24-28-29(25,26-21-15-9-5-10-16-21)27-22-17-11-6-12-18-22/h2,4-18H,1,3,19H2/b24-23-. The number of allylic oxidation sites excluding steroid dienone is 1. The van der Waals surface area contributed by atoms with Crippen LogP contribution in [0.5, 0.6) is 11.5 Å². The number of para-hydroxylation sites is 2. The van der Waals surface area contributed by atoms with Crippen molar-refractivity contribution in [2.45, 2.75) is 12.8 Å². The summed E-state index contributed by atoms with van der Waals surface area (Å²) >= 11 is 0. The lowest BCUT2D eigenvalue weighted by Crippen LogP contribution is -2.06. The molecule has 0 radical (unpaired) electrons. The van der Waals surface area contributed by atoms with E-state index in [9.17, 15) is 4.57 Å². The van der Waals surface area contributed by atoms with Crippen LogP contribution in [0.2, 0.25) is 0 Å². The van der Waals surface area contributed by atoms with Crippen molar-refractivity contribution in [3.8, 4) is 11.5 Å². The molecule has 0 saturated carbocycles. The van der Waals surface area contributed by atoms with Gasteiger partial charge in [-0.2, -0.15) is 4.57 Å². The molecule has 0 aliphatic carbocycles. The molecule has 0 spiro atoms. The second-order valence-corrected chi connectivity index (χ2v) is 7.49. The molecule has 0 N–H and O–H groups in total. The number of phosphoric ester groups is 1. The van der Waals surface area contributed by atoms with Gasteiger partial charge in [-0.15, -0.1) is 6.58 Å².